The van der Waals surface area contributed by atoms with Crippen LogP contribution < -0.4 is 28.7 Å². The molecule has 0 bridgehead atoms. The Morgan fingerprint density at radius 3 is 1.42 bits per heavy atom. The monoisotopic (exact) mass is 1040 g/mol. The van der Waals surface area contributed by atoms with E-state index in [1.807, 2.05) is 83.1 Å². The summed E-state index contributed by atoms with van der Waals surface area (Å²) in [6.45, 7) is 20.5. The van der Waals surface area contributed by atoms with Gasteiger partial charge in [-0.3, -0.25) is 24.0 Å². The zero-order chi connectivity index (χ0) is 55.3. The molecule has 2 amide bonds. The minimum absolute atomic E-state index is 0. The summed E-state index contributed by atoms with van der Waals surface area (Å²) in [6.07, 6.45) is 1.63. The number of rotatable bonds is 4. The fourth-order valence-electron chi connectivity index (χ4n) is 7.61. The number of aromatic amines is 1. The molecule has 20 heteroatoms. The number of fused-ring (bicyclic) bond motifs is 4. The summed E-state index contributed by atoms with van der Waals surface area (Å²) in [6, 6.07) is 29.1. The summed E-state index contributed by atoms with van der Waals surface area (Å²) < 4.78 is 31.5. The van der Waals surface area contributed by atoms with E-state index in [0.29, 0.717) is 39.0 Å². The molecule has 2 atom stereocenters. The second-order valence-corrected chi connectivity index (χ2v) is 19.4. The van der Waals surface area contributed by atoms with Crippen molar-refractivity contribution in [3.05, 3.63) is 132 Å². The van der Waals surface area contributed by atoms with Crippen LogP contribution in [0, 0.1) is 0 Å². The number of esters is 3. The summed E-state index contributed by atoms with van der Waals surface area (Å²) in [7, 11) is 4.03. The van der Waals surface area contributed by atoms with E-state index < -0.39 is 58.9 Å². The maximum absolute atomic E-state index is 12.2. The van der Waals surface area contributed by atoms with Crippen LogP contribution in [-0.2, 0) is 38.0 Å². The fourth-order valence-corrected chi connectivity index (χ4v) is 7.61. The van der Waals surface area contributed by atoms with Gasteiger partial charge in [-0.05, 0) is 97.7 Å². The zero-order valence-corrected chi connectivity index (χ0v) is 46.0. The molecule has 6 aromatic rings. The Morgan fingerprint density at radius 1 is 0.539 bits per heavy atom. The minimum atomic E-state index is -0.932. The molecule has 2 aromatic heterocycles. The maximum Gasteiger partial charge on any atom is 1.00 e. The van der Waals surface area contributed by atoms with Crippen LogP contribution in [0.15, 0.2) is 109 Å². The van der Waals surface area contributed by atoms with Gasteiger partial charge in [0.1, 0.15) is 28.6 Å². The van der Waals surface area contributed by atoms with E-state index in [1.54, 1.807) is 96.3 Å². The third-order valence-electron chi connectivity index (χ3n) is 10.6. The number of aromatic nitrogens is 2. The molecule has 8 rings (SSSR count). The van der Waals surface area contributed by atoms with Crippen molar-refractivity contribution in [2.24, 2.45) is 0 Å². The Bertz CT molecular complexity index is 2960. The van der Waals surface area contributed by atoms with Crippen molar-refractivity contribution in [2.75, 3.05) is 44.2 Å². The molecule has 404 valence electrons. The number of H-pyrrole nitrogens is 1. The number of carbonyl (C=O) groups excluding carboxylic acids is 6. The van der Waals surface area contributed by atoms with Crippen LogP contribution in [0.4, 0.5) is 25.8 Å². The van der Waals surface area contributed by atoms with Gasteiger partial charge in [0, 0.05) is 41.8 Å². The first-order valence-corrected chi connectivity index (χ1v) is 23.8. The normalized spacial score (nSPS) is 14.0. The topological polar surface area (TPSA) is 252 Å². The maximum atomic E-state index is 12.2. The number of hydrogen-bond acceptors (Lipinski definition) is 14. The molecule has 3 N–H and O–H groups in total. The number of ether oxygens (including phenoxy) is 6. The number of anilines is 2. The van der Waals surface area contributed by atoms with E-state index in [4.69, 9.17) is 23.7 Å². The van der Waals surface area contributed by atoms with Gasteiger partial charge in [-0.25, -0.2) is 24.0 Å². The molecule has 2 aliphatic rings. The summed E-state index contributed by atoms with van der Waals surface area (Å²) in [5.74, 6) is -3.21. The van der Waals surface area contributed by atoms with E-state index in [2.05, 4.69) is 9.72 Å². The summed E-state index contributed by atoms with van der Waals surface area (Å²) in [5, 5.41) is 10.8. The Balaban J connectivity index is 0.000000343. The smallest absolute Gasteiger partial charge is 0.870 e. The molecule has 2 unspecified atom stereocenters. The molecule has 0 saturated carbocycles. The molecule has 2 aliphatic heterocycles. The molecule has 0 fully saturated rings. The van der Waals surface area contributed by atoms with Crippen LogP contribution >= 0.6 is 0 Å². The van der Waals surface area contributed by atoms with E-state index >= 15 is 0 Å². The number of carboxylic acid groups (broad SMARTS) is 1. The summed E-state index contributed by atoms with van der Waals surface area (Å²) in [5.41, 5.74) is 3.47. The van der Waals surface area contributed by atoms with Gasteiger partial charge >= 0.3 is 61.0 Å². The number of nitrogens with zero attached hydrogens (tertiary/aromatic N) is 3. The average molecular weight is 1050 g/mol. The Labute approximate surface area is 455 Å². The van der Waals surface area contributed by atoms with Gasteiger partial charge in [-0.2, -0.15) is 0 Å². The van der Waals surface area contributed by atoms with Gasteiger partial charge in [0.25, 0.3) is 0 Å². The van der Waals surface area contributed by atoms with E-state index in [0.717, 1.165) is 16.5 Å². The number of aliphatic carboxylic acids is 1. The fraction of sp³-hybridized carbons (Fsp3) is 0.375. The van der Waals surface area contributed by atoms with Gasteiger partial charge in [-0.15, -0.1) is 0 Å². The molecule has 19 nitrogen and oxygen atoms in total. The number of amides is 2. The van der Waals surface area contributed by atoms with Crippen molar-refractivity contribution in [1.29, 1.82) is 0 Å². The first kappa shape index (κ1) is 64.5. The standard InChI is InChI=1S/C15H19NO4.C15H17NO4.C14H17NO4.C10H9NO2.C2H6.Li.H2O/c2*1-15(2,3)20-14(18)16-9-11(13(17)19-4)10-7-5-6-8-12(10)16;1-14(2,3)19-13(18)15-8-10(12(16)17)9-6-4-5-7-11(9)15;1-13-10(12)8-6-11-9-5-3-2-4-7(8)9;1-2;;/h5-8,11H,9H2,1-4H3;5-9H,1-4H3;4-7,10H,8H2,1-3H3,(H,16,17);2-6,11H,1H3;1-2H3;;1H2/q;;;;;+1;/p-1. The molecule has 4 heterocycles. The van der Waals surface area contributed by atoms with E-state index in [9.17, 15) is 38.7 Å². The third-order valence-corrected chi connectivity index (χ3v) is 10.6. The SMILES string of the molecule is CC.CC(C)(C)OC(=O)N1CC(C(=O)O)c2ccccc21.COC(=O)C1CN(C(=O)OC(C)(C)C)c2ccccc21.COC(=O)c1c[nH]c2ccccc12.COC(=O)c1cn(C(=O)OC(C)(C)C)c2ccccc12.[Li+].[OH-]. The van der Waals surface area contributed by atoms with Crippen LogP contribution in [0.1, 0.15) is 120 Å². The number of nitrogens with one attached hydrogen (secondary N) is 1. The van der Waals surface area contributed by atoms with Crippen molar-refractivity contribution < 1.29 is 91.4 Å². The molecule has 0 spiro atoms. The Kier molecular flexibility index (Phi) is 23.6. The summed E-state index contributed by atoms with van der Waals surface area (Å²) in [4.78, 5) is 88.5. The van der Waals surface area contributed by atoms with Gasteiger partial charge in [0.15, 0.2) is 0 Å². The second-order valence-electron chi connectivity index (χ2n) is 19.4. The number of carboxylic acids is 1. The Morgan fingerprint density at radius 2 is 0.947 bits per heavy atom. The van der Waals surface area contributed by atoms with Crippen LogP contribution in [0.5, 0.6) is 0 Å². The molecular weight excluding hydrogens is 976 g/mol. The molecule has 0 saturated heterocycles. The molecule has 0 aliphatic carbocycles. The predicted octanol–water partition coefficient (Wildman–Crippen LogP) is 8.33. The number of benzene rings is 4. The largest absolute Gasteiger partial charge is 1.00 e. The molecular formula is C56H69LiN4O15. The van der Waals surface area contributed by atoms with Crippen LogP contribution in [0.2, 0.25) is 0 Å². The van der Waals surface area contributed by atoms with E-state index in [-0.39, 0.29) is 49.4 Å². The van der Waals surface area contributed by atoms with Crippen molar-refractivity contribution >= 4 is 75.3 Å². The predicted molar refractivity (Wildman–Crippen MR) is 283 cm³/mol. The van der Waals surface area contributed by atoms with Crippen molar-refractivity contribution in [1.82, 2.24) is 9.55 Å². The first-order chi connectivity index (χ1) is 34.8. The Hall–Kier alpha value is -7.59. The minimum Gasteiger partial charge on any atom is -0.870 e. The number of methoxy groups -OCH3 is 3. The quantitative estimate of drug-likeness (QED) is 0.0956. The van der Waals surface area contributed by atoms with Gasteiger partial charge in [-0.1, -0.05) is 86.6 Å². The van der Waals surface area contributed by atoms with Gasteiger partial charge in [0.2, 0.25) is 0 Å². The number of para-hydroxylation sites is 4. The summed E-state index contributed by atoms with van der Waals surface area (Å²) >= 11 is 0. The second kappa shape index (κ2) is 27.8. The molecule has 4 aromatic carbocycles. The van der Waals surface area contributed by atoms with Crippen molar-refractivity contribution in [3.63, 3.8) is 0 Å². The number of carbonyl (C=O) groups is 7. The average Bonchev–Trinajstić information content (AvgIpc) is 4.15. The van der Waals surface area contributed by atoms with Gasteiger partial charge in [0.05, 0.1) is 49.3 Å². The van der Waals surface area contributed by atoms with Crippen molar-refractivity contribution in [2.45, 2.75) is 105 Å². The van der Waals surface area contributed by atoms with Crippen molar-refractivity contribution in [3.8, 4) is 0 Å². The third kappa shape index (κ3) is 16.7. The molecule has 76 heavy (non-hydrogen) atoms. The van der Waals surface area contributed by atoms with Crippen LogP contribution in [0.3, 0.4) is 0 Å². The number of hydrogen-bond donors (Lipinski definition) is 2. The molecule has 0 radical (unpaired) electrons. The van der Waals surface area contributed by atoms with Gasteiger partial charge < -0.3 is 44.0 Å². The van der Waals surface area contributed by atoms with Crippen LogP contribution in [-0.4, -0.2) is 114 Å². The zero-order valence-electron chi connectivity index (χ0n) is 46.0. The van der Waals surface area contributed by atoms with E-state index in [1.165, 1.54) is 41.9 Å². The van der Waals surface area contributed by atoms with Crippen LogP contribution in [0.25, 0.3) is 21.8 Å². The first-order valence-electron chi connectivity index (χ1n) is 23.8.